The summed E-state index contributed by atoms with van der Waals surface area (Å²) in [6, 6.07) is 15.2. The Labute approximate surface area is 209 Å². The number of hydrogen-bond acceptors (Lipinski definition) is 7. The monoisotopic (exact) mass is 509 g/mol. The first-order valence-corrected chi connectivity index (χ1v) is 11.1. The fourth-order valence-electron chi connectivity index (χ4n) is 3.29. The van der Waals surface area contributed by atoms with Crippen molar-refractivity contribution in [2.75, 3.05) is 10.6 Å². The number of carbonyl (C=O) groups excluding carboxylic acids is 2. The Morgan fingerprint density at radius 3 is 2.53 bits per heavy atom. The van der Waals surface area contributed by atoms with Crippen molar-refractivity contribution in [3.05, 3.63) is 99.2 Å². The van der Waals surface area contributed by atoms with Gasteiger partial charge in [-0.2, -0.15) is 5.10 Å². The van der Waals surface area contributed by atoms with Gasteiger partial charge in [-0.1, -0.05) is 17.7 Å². The highest BCUT2D eigenvalue weighted by Crippen LogP contribution is 2.29. The predicted octanol–water partition coefficient (Wildman–Crippen LogP) is 5.14. The molecule has 0 spiro atoms. The number of halogens is 1. The van der Waals surface area contributed by atoms with Crippen molar-refractivity contribution in [1.82, 2.24) is 9.78 Å². The highest BCUT2D eigenvalue weighted by molar-refractivity contribution is 6.32. The van der Waals surface area contributed by atoms with Crippen LogP contribution in [0.3, 0.4) is 0 Å². The van der Waals surface area contributed by atoms with Crippen molar-refractivity contribution in [3.63, 3.8) is 0 Å². The van der Waals surface area contributed by atoms with Crippen LogP contribution in [0, 0.1) is 10.1 Å². The Morgan fingerprint density at radius 2 is 1.83 bits per heavy atom. The average Bonchev–Trinajstić information content (AvgIpc) is 3.53. The molecule has 2 aromatic heterocycles. The van der Waals surface area contributed by atoms with E-state index >= 15 is 0 Å². The van der Waals surface area contributed by atoms with Crippen LogP contribution < -0.4 is 15.4 Å². The smallest absolute Gasteiger partial charge is 0.291 e. The second-order valence-electron chi connectivity index (χ2n) is 7.45. The van der Waals surface area contributed by atoms with Crippen molar-refractivity contribution in [1.29, 1.82) is 0 Å². The van der Waals surface area contributed by atoms with Crippen molar-refractivity contribution in [2.24, 2.45) is 0 Å². The Balaban J connectivity index is 1.36. The lowest BCUT2D eigenvalue weighted by molar-refractivity contribution is -0.384. The van der Waals surface area contributed by atoms with Crippen LogP contribution in [-0.2, 0) is 13.2 Å². The van der Waals surface area contributed by atoms with Gasteiger partial charge in [0.2, 0.25) is 0 Å². The molecule has 184 valence electrons. The summed E-state index contributed by atoms with van der Waals surface area (Å²) in [5.74, 6) is -0.179. The summed E-state index contributed by atoms with van der Waals surface area (Å²) in [4.78, 5) is 35.4. The topological polar surface area (TPSA) is 142 Å². The van der Waals surface area contributed by atoms with Crippen LogP contribution in [0.25, 0.3) is 0 Å². The van der Waals surface area contributed by atoms with E-state index in [1.165, 1.54) is 24.3 Å². The number of non-ortho nitro benzene ring substituents is 1. The molecular formula is C24H20ClN5O6. The SMILES string of the molecule is CCn1nccc1C(=O)Nc1cccc(NC(=O)c2ccc(COc3ccc([N+](=O)[O-])cc3Cl)o2)c1. The van der Waals surface area contributed by atoms with Crippen LogP contribution in [0.15, 0.2) is 71.3 Å². The molecule has 12 heteroatoms. The second kappa shape index (κ2) is 10.7. The first-order chi connectivity index (χ1) is 17.3. The standard InChI is InChI=1S/C24H20ClN5O6/c1-2-29-20(10-11-26-29)23(31)27-15-4-3-5-16(12-15)28-24(32)22-9-7-18(36-22)14-35-21-8-6-17(30(33)34)13-19(21)25/h3-13H,2,14H2,1H3,(H,27,31)(H,28,32). The molecule has 0 saturated carbocycles. The largest absolute Gasteiger partial charge is 0.484 e. The zero-order valence-corrected chi connectivity index (χ0v) is 19.7. The summed E-state index contributed by atoms with van der Waals surface area (Å²) in [6.07, 6.45) is 1.55. The van der Waals surface area contributed by atoms with E-state index in [9.17, 15) is 19.7 Å². The average molecular weight is 510 g/mol. The number of benzene rings is 2. The minimum atomic E-state index is -0.557. The lowest BCUT2D eigenvalue weighted by Crippen LogP contribution is -2.17. The predicted molar refractivity (Wildman–Crippen MR) is 131 cm³/mol. The molecule has 2 aromatic carbocycles. The van der Waals surface area contributed by atoms with Gasteiger partial charge in [-0.05, 0) is 49.4 Å². The molecule has 2 N–H and O–H groups in total. The van der Waals surface area contributed by atoms with Crippen LogP contribution >= 0.6 is 11.6 Å². The van der Waals surface area contributed by atoms with E-state index < -0.39 is 10.8 Å². The maximum Gasteiger partial charge on any atom is 0.291 e. The van der Waals surface area contributed by atoms with Gasteiger partial charge in [0.15, 0.2) is 5.76 Å². The molecule has 0 aliphatic heterocycles. The Morgan fingerprint density at radius 1 is 1.08 bits per heavy atom. The summed E-state index contributed by atoms with van der Waals surface area (Å²) < 4.78 is 12.7. The highest BCUT2D eigenvalue weighted by Gasteiger charge is 2.15. The molecular weight excluding hydrogens is 490 g/mol. The third-order valence-electron chi connectivity index (χ3n) is 5.01. The second-order valence-corrected chi connectivity index (χ2v) is 7.85. The normalized spacial score (nSPS) is 10.6. The van der Waals surface area contributed by atoms with Gasteiger partial charge in [0.05, 0.1) is 9.95 Å². The molecule has 0 atom stereocenters. The minimum Gasteiger partial charge on any atom is -0.484 e. The summed E-state index contributed by atoms with van der Waals surface area (Å²) in [6.45, 7) is 2.40. The van der Waals surface area contributed by atoms with Gasteiger partial charge in [-0.15, -0.1) is 0 Å². The zero-order valence-electron chi connectivity index (χ0n) is 18.9. The molecule has 2 amide bonds. The quantitative estimate of drug-likeness (QED) is 0.235. The van der Waals surface area contributed by atoms with Crippen LogP contribution in [0.2, 0.25) is 5.02 Å². The Kier molecular flexibility index (Phi) is 7.31. The molecule has 0 bridgehead atoms. The van der Waals surface area contributed by atoms with Crippen LogP contribution in [0.5, 0.6) is 5.75 Å². The summed E-state index contributed by atoms with van der Waals surface area (Å²) in [7, 11) is 0. The number of amides is 2. The third kappa shape index (κ3) is 5.70. The summed E-state index contributed by atoms with van der Waals surface area (Å²) >= 11 is 6.02. The van der Waals surface area contributed by atoms with E-state index in [1.807, 2.05) is 6.92 Å². The molecule has 0 fully saturated rings. The number of anilines is 2. The number of carbonyl (C=O) groups is 2. The number of rotatable bonds is 9. The van der Waals surface area contributed by atoms with Crippen LogP contribution in [0.4, 0.5) is 17.1 Å². The van der Waals surface area contributed by atoms with E-state index in [1.54, 1.807) is 47.3 Å². The van der Waals surface area contributed by atoms with Crippen molar-refractivity contribution in [2.45, 2.75) is 20.1 Å². The van der Waals surface area contributed by atoms with Crippen molar-refractivity contribution >= 4 is 40.5 Å². The summed E-state index contributed by atoms with van der Waals surface area (Å²) in [5.41, 5.74) is 1.22. The van der Waals surface area contributed by atoms with Crippen LogP contribution in [0.1, 0.15) is 33.7 Å². The first-order valence-electron chi connectivity index (χ1n) is 10.7. The highest BCUT2D eigenvalue weighted by atomic mass is 35.5. The molecule has 0 aliphatic carbocycles. The molecule has 11 nitrogen and oxygen atoms in total. The first kappa shape index (κ1) is 24.5. The van der Waals surface area contributed by atoms with Gasteiger partial charge in [0.25, 0.3) is 17.5 Å². The molecule has 0 radical (unpaired) electrons. The summed E-state index contributed by atoms with van der Waals surface area (Å²) in [5, 5.41) is 20.5. The number of ether oxygens (including phenoxy) is 1. The lowest BCUT2D eigenvalue weighted by atomic mass is 10.2. The fraction of sp³-hybridized carbons (Fsp3) is 0.125. The molecule has 4 rings (SSSR count). The van der Waals surface area contributed by atoms with E-state index in [2.05, 4.69) is 15.7 Å². The lowest BCUT2D eigenvalue weighted by Gasteiger charge is -2.09. The van der Waals surface area contributed by atoms with E-state index in [0.29, 0.717) is 29.4 Å². The number of aromatic nitrogens is 2. The molecule has 0 saturated heterocycles. The van der Waals surface area contributed by atoms with Crippen LogP contribution in [-0.4, -0.2) is 26.5 Å². The Hall–Kier alpha value is -4.64. The van der Waals surface area contributed by atoms with E-state index in [-0.39, 0.29) is 34.7 Å². The van der Waals surface area contributed by atoms with Gasteiger partial charge in [-0.25, -0.2) is 0 Å². The molecule has 4 aromatic rings. The number of hydrogen-bond donors (Lipinski definition) is 2. The zero-order chi connectivity index (χ0) is 25.7. The minimum absolute atomic E-state index is 0.0410. The number of furan rings is 1. The number of nitrogens with zero attached hydrogens (tertiary/aromatic N) is 3. The maximum atomic E-state index is 12.6. The van der Waals surface area contributed by atoms with Gasteiger partial charge in [-0.3, -0.25) is 24.4 Å². The van der Waals surface area contributed by atoms with Gasteiger partial charge in [0, 0.05) is 36.2 Å². The van der Waals surface area contributed by atoms with Gasteiger partial charge >= 0.3 is 0 Å². The van der Waals surface area contributed by atoms with Gasteiger partial charge < -0.3 is 19.8 Å². The molecule has 36 heavy (non-hydrogen) atoms. The maximum absolute atomic E-state index is 12.6. The fourth-order valence-corrected chi connectivity index (χ4v) is 3.52. The van der Waals surface area contributed by atoms with Crippen molar-refractivity contribution < 1.29 is 23.7 Å². The van der Waals surface area contributed by atoms with E-state index in [0.717, 1.165) is 0 Å². The molecule has 0 unspecified atom stereocenters. The van der Waals surface area contributed by atoms with Gasteiger partial charge in [0.1, 0.15) is 23.8 Å². The Bertz CT molecular complexity index is 1430. The molecule has 0 aliphatic rings. The van der Waals surface area contributed by atoms with E-state index in [4.69, 9.17) is 20.8 Å². The third-order valence-corrected chi connectivity index (χ3v) is 5.30. The van der Waals surface area contributed by atoms with Crippen molar-refractivity contribution in [3.8, 4) is 5.75 Å². The number of nitro groups is 1. The number of nitro benzene ring substituents is 1. The molecule has 2 heterocycles. The number of nitrogens with one attached hydrogen (secondary N) is 2. The number of aryl methyl sites for hydroxylation is 1.